The molecule has 11 heavy (non-hydrogen) atoms. The van der Waals surface area contributed by atoms with Crippen molar-refractivity contribution in [2.24, 2.45) is 5.73 Å². The van der Waals surface area contributed by atoms with E-state index >= 15 is 0 Å². The molecule has 0 fully saturated rings. The van der Waals surface area contributed by atoms with Crippen molar-refractivity contribution in [1.82, 2.24) is 0 Å². The first-order valence-corrected chi connectivity index (χ1v) is 3.89. The molecule has 2 heteroatoms. The second kappa shape index (κ2) is 3.74. The van der Waals surface area contributed by atoms with E-state index in [0.717, 1.165) is 17.0 Å². The summed E-state index contributed by atoms with van der Waals surface area (Å²) in [7, 11) is 0. The molecule has 0 aliphatic carbocycles. The highest BCUT2D eigenvalue weighted by Crippen LogP contribution is 2.11. The van der Waals surface area contributed by atoms with E-state index in [9.17, 15) is 0 Å². The van der Waals surface area contributed by atoms with Gasteiger partial charge in [-0.1, -0.05) is 23.7 Å². The summed E-state index contributed by atoms with van der Waals surface area (Å²) in [6.07, 6.45) is 0.778. The number of rotatable bonds is 2. The number of halogens is 1. The van der Waals surface area contributed by atoms with Crippen molar-refractivity contribution in [3.05, 3.63) is 41.8 Å². The molecular formula is C9H11ClN. The van der Waals surface area contributed by atoms with Gasteiger partial charge in [-0.15, -0.1) is 0 Å². The summed E-state index contributed by atoms with van der Waals surface area (Å²) in [5.41, 5.74) is 6.66. The van der Waals surface area contributed by atoms with Crippen molar-refractivity contribution in [2.75, 3.05) is 0 Å². The maximum atomic E-state index is 5.77. The molecule has 1 aromatic rings. The van der Waals surface area contributed by atoms with Crippen LogP contribution in [0.25, 0.3) is 0 Å². The van der Waals surface area contributed by atoms with Crippen molar-refractivity contribution in [3.8, 4) is 0 Å². The predicted octanol–water partition coefficient (Wildman–Crippen LogP) is 2.04. The Balaban J connectivity index is 2.71. The van der Waals surface area contributed by atoms with Gasteiger partial charge in [0.05, 0.1) is 0 Å². The van der Waals surface area contributed by atoms with E-state index in [4.69, 9.17) is 17.3 Å². The van der Waals surface area contributed by atoms with Crippen LogP contribution in [0.1, 0.15) is 5.56 Å². The molecule has 0 heterocycles. The largest absolute Gasteiger partial charge is 0.327 e. The van der Waals surface area contributed by atoms with Crippen LogP contribution in [-0.2, 0) is 6.42 Å². The standard InChI is InChI=1S/C9H11ClN/c1-7(11)5-8-3-2-4-9(10)6-8/h2-4,6-7H,1,5,11H2. The maximum absolute atomic E-state index is 5.77. The van der Waals surface area contributed by atoms with Crippen LogP contribution in [0, 0.1) is 6.92 Å². The Kier molecular flexibility index (Phi) is 2.92. The molecular weight excluding hydrogens is 158 g/mol. The molecule has 0 aromatic heterocycles. The van der Waals surface area contributed by atoms with Gasteiger partial charge in [0.15, 0.2) is 0 Å². The Labute approximate surface area is 72.2 Å². The Hall–Kier alpha value is -0.530. The smallest absolute Gasteiger partial charge is 0.0408 e. The third-order valence-corrected chi connectivity index (χ3v) is 1.62. The molecule has 0 aliphatic rings. The summed E-state index contributed by atoms with van der Waals surface area (Å²) < 4.78 is 0. The monoisotopic (exact) mass is 168 g/mol. The highest BCUT2D eigenvalue weighted by Gasteiger charge is 1.97. The maximum Gasteiger partial charge on any atom is 0.0408 e. The second-order valence-electron chi connectivity index (χ2n) is 2.59. The fourth-order valence-electron chi connectivity index (χ4n) is 0.967. The summed E-state index contributed by atoms with van der Waals surface area (Å²) in [5.74, 6) is 0. The number of hydrogen-bond donors (Lipinski definition) is 1. The average Bonchev–Trinajstić information content (AvgIpc) is 1.85. The van der Waals surface area contributed by atoms with Crippen molar-refractivity contribution in [3.63, 3.8) is 0 Å². The molecule has 1 unspecified atom stereocenters. The van der Waals surface area contributed by atoms with Crippen molar-refractivity contribution < 1.29 is 0 Å². The molecule has 0 amide bonds. The summed E-state index contributed by atoms with van der Waals surface area (Å²) >= 11 is 5.77. The zero-order valence-corrected chi connectivity index (χ0v) is 7.01. The minimum atomic E-state index is -0.0477. The molecule has 1 radical (unpaired) electrons. The fraction of sp³-hybridized carbons (Fsp3) is 0.222. The Bertz CT molecular complexity index is 233. The van der Waals surface area contributed by atoms with Gasteiger partial charge in [0.1, 0.15) is 0 Å². The molecule has 1 atom stereocenters. The highest BCUT2D eigenvalue weighted by molar-refractivity contribution is 6.30. The van der Waals surface area contributed by atoms with Crippen LogP contribution in [-0.4, -0.2) is 6.04 Å². The van der Waals surface area contributed by atoms with Crippen molar-refractivity contribution >= 4 is 11.6 Å². The molecule has 1 nitrogen and oxygen atoms in total. The average molecular weight is 169 g/mol. The first-order chi connectivity index (χ1) is 5.18. The van der Waals surface area contributed by atoms with Crippen molar-refractivity contribution in [1.29, 1.82) is 0 Å². The van der Waals surface area contributed by atoms with Crippen LogP contribution in [0.3, 0.4) is 0 Å². The summed E-state index contributed by atoms with van der Waals surface area (Å²) in [5, 5.41) is 0.753. The lowest BCUT2D eigenvalue weighted by Crippen LogP contribution is -2.17. The van der Waals surface area contributed by atoms with Crippen LogP contribution < -0.4 is 5.73 Å². The van der Waals surface area contributed by atoms with Crippen molar-refractivity contribution in [2.45, 2.75) is 12.5 Å². The number of hydrogen-bond acceptors (Lipinski definition) is 1. The first-order valence-electron chi connectivity index (χ1n) is 3.51. The van der Waals surface area contributed by atoms with Crippen LogP contribution in [0.5, 0.6) is 0 Å². The second-order valence-corrected chi connectivity index (χ2v) is 3.03. The van der Waals surface area contributed by atoms with E-state index in [2.05, 4.69) is 6.92 Å². The van der Waals surface area contributed by atoms with Crippen LogP contribution in [0.15, 0.2) is 24.3 Å². The lowest BCUT2D eigenvalue weighted by molar-refractivity contribution is 0.807. The van der Waals surface area contributed by atoms with Gasteiger partial charge in [0.25, 0.3) is 0 Å². The van der Waals surface area contributed by atoms with E-state index in [1.807, 2.05) is 24.3 Å². The number of nitrogens with two attached hydrogens (primary N) is 1. The molecule has 59 valence electrons. The topological polar surface area (TPSA) is 26.0 Å². The summed E-state index contributed by atoms with van der Waals surface area (Å²) in [4.78, 5) is 0. The van der Waals surface area contributed by atoms with Gasteiger partial charge in [-0.3, -0.25) is 0 Å². The lowest BCUT2D eigenvalue weighted by atomic mass is 10.1. The quantitative estimate of drug-likeness (QED) is 0.719. The van der Waals surface area contributed by atoms with Gasteiger partial charge >= 0.3 is 0 Å². The first kappa shape index (κ1) is 8.57. The predicted molar refractivity (Wildman–Crippen MR) is 48.5 cm³/mol. The molecule has 0 saturated heterocycles. The molecule has 1 rings (SSSR count). The van der Waals surface area contributed by atoms with E-state index in [1.54, 1.807) is 0 Å². The van der Waals surface area contributed by atoms with E-state index in [0.29, 0.717) is 0 Å². The third kappa shape index (κ3) is 2.91. The molecule has 0 aliphatic heterocycles. The Morgan fingerprint density at radius 1 is 1.55 bits per heavy atom. The van der Waals surface area contributed by atoms with Gasteiger partial charge in [-0.25, -0.2) is 0 Å². The van der Waals surface area contributed by atoms with Crippen LogP contribution in [0.2, 0.25) is 5.02 Å². The van der Waals surface area contributed by atoms with Gasteiger partial charge in [0.2, 0.25) is 0 Å². The van der Waals surface area contributed by atoms with Gasteiger partial charge in [0, 0.05) is 11.1 Å². The zero-order valence-electron chi connectivity index (χ0n) is 6.26. The normalized spacial score (nSPS) is 13.0. The Morgan fingerprint density at radius 3 is 2.82 bits per heavy atom. The highest BCUT2D eigenvalue weighted by atomic mass is 35.5. The molecule has 1 aromatic carbocycles. The van der Waals surface area contributed by atoms with Crippen LogP contribution >= 0.6 is 11.6 Å². The minimum absolute atomic E-state index is 0.0477. The van der Waals surface area contributed by atoms with Crippen LogP contribution in [0.4, 0.5) is 0 Å². The van der Waals surface area contributed by atoms with Gasteiger partial charge in [-0.05, 0) is 31.0 Å². The molecule has 0 bridgehead atoms. The van der Waals surface area contributed by atoms with E-state index in [1.165, 1.54) is 0 Å². The van der Waals surface area contributed by atoms with Gasteiger partial charge in [-0.2, -0.15) is 0 Å². The summed E-state index contributed by atoms with van der Waals surface area (Å²) in [6, 6.07) is 7.62. The molecule has 2 N–H and O–H groups in total. The van der Waals surface area contributed by atoms with Gasteiger partial charge < -0.3 is 5.73 Å². The SMILES string of the molecule is [CH2]C(N)Cc1cccc(Cl)c1. The lowest BCUT2D eigenvalue weighted by Gasteiger charge is -2.04. The number of benzene rings is 1. The Morgan fingerprint density at radius 2 is 2.27 bits per heavy atom. The molecule has 0 saturated carbocycles. The fourth-order valence-corrected chi connectivity index (χ4v) is 1.18. The van der Waals surface area contributed by atoms with E-state index in [-0.39, 0.29) is 6.04 Å². The minimum Gasteiger partial charge on any atom is -0.327 e. The molecule has 0 spiro atoms. The zero-order chi connectivity index (χ0) is 8.27. The third-order valence-electron chi connectivity index (χ3n) is 1.39. The van der Waals surface area contributed by atoms with E-state index < -0.39 is 0 Å². The summed E-state index contributed by atoms with van der Waals surface area (Å²) in [6.45, 7) is 3.70.